The molecule has 0 bridgehead atoms. The number of anilines is 1. The minimum Gasteiger partial charge on any atom is -0.493 e. The Kier molecular flexibility index (Phi) is 11.5. The molecular formula is C33H33BrClN3O6S. The Hall–Kier alpha value is -4.06. The lowest BCUT2D eigenvalue weighted by molar-refractivity contribution is -0.139. The summed E-state index contributed by atoms with van der Waals surface area (Å²) in [5.41, 5.74) is 1.80. The van der Waals surface area contributed by atoms with E-state index in [4.69, 9.17) is 21.1 Å². The Morgan fingerprint density at radius 3 is 2.16 bits per heavy atom. The van der Waals surface area contributed by atoms with Crippen molar-refractivity contribution in [3.63, 3.8) is 0 Å². The van der Waals surface area contributed by atoms with E-state index in [1.165, 1.54) is 56.5 Å². The van der Waals surface area contributed by atoms with Crippen molar-refractivity contribution in [2.24, 2.45) is 0 Å². The van der Waals surface area contributed by atoms with Gasteiger partial charge in [-0.25, -0.2) is 8.42 Å². The molecule has 0 spiro atoms. The number of carbonyl (C=O) groups excluding carboxylic acids is 2. The van der Waals surface area contributed by atoms with Gasteiger partial charge < -0.3 is 19.7 Å². The van der Waals surface area contributed by atoms with E-state index in [2.05, 4.69) is 21.2 Å². The van der Waals surface area contributed by atoms with Crippen molar-refractivity contribution < 1.29 is 27.5 Å². The fraction of sp³-hybridized carbons (Fsp3) is 0.212. The number of hydrogen-bond acceptors (Lipinski definition) is 6. The Labute approximate surface area is 276 Å². The van der Waals surface area contributed by atoms with Gasteiger partial charge in [-0.1, -0.05) is 70.0 Å². The molecular weight excluding hydrogens is 682 g/mol. The number of nitrogens with zero attached hydrogens (tertiary/aromatic N) is 2. The summed E-state index contributed by atoms with van der Waals surface area (Å²) in [5.74, 6) is -0.415. The number of hydrogen-bond donors (Lipinski definition) is 1. The maximum atomic E-state index is 14.4. The predicted molar refractivity (Wildman–Crippen MR) is 178 cm³/mol. The summed E-state index contributed by atoms with van der Waals surface area (Å²) >= 11 is 9.60. The molecule has 0 radical (unpaired) electrons. The minimum absolute atomic E-state index is 0.0497. The van der Waals surface area contributed by atoms with Crippen LogP contribution in [0.5, 0.6) is 11.5 Å². The van der Waals surface area contributed by atoms with E-state index in [0.29, 0.717) is 10.8 Å². The van der Waals surface area contributed by atoms with Crippen LogP contribution < -0.4 is 19.1 Å². The minimum atomic E-state index is -4.34. The molecule has 0 fully saturated rings. The highest BCUT2D eigenvalue weighted by Gasteiger charge is 2.34. The van der Waals surface area contributed by atoms with Gasteiger partial charge in [0.25, 0.3) is 10.0 Å². The topological polar surface area (TPSA) is 105 Å². The van der Waals surface area contributed by atoms with Gasteiger partial charge in [-0.2, -0.15) is 0 Å². The number of carbonyl (C=O) groups is 2. The highest BCUT2D eigenvalue weighted by molar-refractivity contribution is 9.10. The fourth-order valence-corrected chi connectivity index (χ4v) is 6.80. The summed E-state index contributed by atoms with van der Waals surface area (Å²) in [6.07, 6.45) is 0.212. The van der Waals surface area contributed by atoms with Crippen molar-refractivity contribution in [2.45, 2.75) is 23.9 Å². The van der Waals surface area contributed by atoms with Crippen LogP contribution in [0.25, 0.3) is 0 Å². The molecule has 1 unspecified atom stereocenters. The van der Waals surface area contributed by atoms with Gasteiger partial charge >= 0.3 is 0 Å². The largest absolute Gasteiger partial charge is 0.493 e. The Morgan fingerprint density at radius 2 is 1.53 bits per heavy atom. The van der Waals surface area contributed by atoms with Crippen LogP contribution in [0.15, 0.2) is 106 Å². The molecule has 1 atom stereocenters. The number of ether oxygens (including phenoxy) is 2. The van der Waals surface area contributed by atoms with Gasteiger partial charge in [0, 0.05) is 35.6 Å². The maximum Gasteiger partial charge on any atom is 0.264 e. The summed E-state index contributed by atoms with van der Waals surface area (Å²) in [6, 6.07) is 26.1. The molecule has 236 valence electrons. The van der Waals surface area contributed by atoms with Crippen LogP contribution in [-0.2, 0) is 32.6 Å². The van der Waals surface area contributed by atoms with Crippen molar-refractivity contribution in [1.29, 1.82) is 0 Å². The number of likely N-dealkylation sites (N-methyl/N-ethyl adjacent to an activating group) is 1. The third-order valence-electron chi connectivity index (χ3n) is 7.10. The van der Waals surface area contributed by atoms with Crippen molar-refractivity contribution in [3.8, 4) is 11.5 Å². The third kappa shape index (κ3) is 8.36. The number of halogens is 2. The van der Waals surface area contributed by atoms with Gasteiger partial charge in [-0.15, -0.1) is 0 Å². The Morgan fingerprint density at radius 1 is 0.867 bits per heavy atom. The van der Waals surface area contributed by atoms with Crippen LogP contribution in [0.4, 0.5) is 5.69 Å². The molecule has 2 amide bonds. The van der Waals surface area contributed by atoms with Crippen LogP contribution in [0, 0.1) is 0 Å². The highest BCUT2D eigenvalue weighted by Crippen LogP contribution is 2.33. The van der Waals surface area contributed by atoms with E-state index in [1.54, 1.807) is 12.1 Å². The summed E-state index contributed by atoms with van der Waals surface area (Å²) in [6.45, 7) is -0.553. The molecule has 1 N–H and O–H groups in total. The molecule has 0 aromatic heterocycles. The normalized spacial score (nSPS) is 11.8. The monoisotopic (exact) mass is 713 g/mol. The van der Waals surface area contributed by atoms with Crippen molar-refractivity contribution in [3.05, 3.63) is 118 Å². The average molecular weight is 715 g/mol. The average Bonchev–Trinajstić information content (AvgIpc) is 3.05. The van der Waals surface area contributed by atoms with Crippen LogP contribution >= 0.6 is 27.5 Å². The van der Waals surface area contributed by atoms with Gasteiger partial charge in [0.2, 0.25) is 11.8 Å². The first-order valence-corrected chi connectivity index (χ1v) is 16.5. The predicted octanol–water partition coefficient (Wildman–Crippen LogP) is 5.70. The molecule has 0 aliphatic heterocycles. The number of rotatable bonds is 13. The third-order valence-corrected chi connectivity index (χ3v) is 9.61. The molecule has 0 aliphatic rings. The lowest BCUT2D eigenvalue weighted by Crippen LogP contribution is -2.53. The molecule has 4 rings (SSSR count). The Bertz CT molecular complexity index is 1740. The maximum absolute atomic E-state index is 14.4. The quantitative estimate of drug-likeness (QED) is 0.191. The van der Waals surface area contributed by atoms with Crippen LogP contribution in [0.3, 0.4) is 0 Å². The zero-order chi connectivity index (χ0) is 32.6. The molecule has 12 heteroatoms. The molecule has 0 heterocycles. The standard InChI is InChI=1S/C33H33BrClN3O6S/c1-36-33(40)29(19-23-8-5-4-6-9-23)37(21-24-10-7-11-25(34)18-24)32(39)22-38(27-14-12-26(35)13-15-27)45(41,42)28-16-17-30(43-2)31(20-28)44-3/h4-18,20,29H,19,21-22H2,1-3H3,(H,36,40). The fourth-order valence-electron chi connectivity index (χ4n) is 4.79. The molecule has 45 heavy (non-hydrogen) atoms. The molecule has 0 aliphatic carbocycles. The van der Waals surface area contributed by atoms with E-state index in [-0.39, 0.29) is 35.2 Å². The molecule has 4 aromatic rings. The van der Waals surface area contributed by atoms with E-state index >= 15 is 0 Å². The van der Waals surface area contributed by atoms with E-state index in [9.17, 15) is 18.0 Å². The number of benzene rings is 4. The molecule has 4 aromatic carbocycles. The highest BCUT2D eigenvalue weighted by atomic mass is 79.9. The summed E-state index contributed by atoms with van der Waals surface area (Å²) in [4.78, 5) is 29.1. The second-order valence-electron chi connectivity index (χ2n) is 9.98. The lowest BCUT2D eigenvalue weighted by atomic mass is 10.0. The zero-order valence-electron chi connectivity index (χ0n) is 24.9. The lowest BCUT2D eigenvalue weighted by Gasteiger charge is -2.33. The van der Waals surface area contributed by atoms with Gasteiger partial charge in [0.05, 0.1) is 24.8 Å². The SMILES string of the molecule is CNC(=O)C(Cc1ccccc1)N(Cc1cccc(Br)c1)C(=O)CN(c1ccc(Cl)cc1)S(=O)(=O)c1ccc(OC)c(OC)c1. The summed E-state index contributed by atoms with van der Waals surface area (Å²) < 4.78 is 40.9. The molecule has 0 saturated carbocycles. The van der Waals surface area contributed by atoms with Gasteiger partial charge in [0.15, 0.2) is 11.5 Å². The van der Waals surface area contributed by atoms with E-state index in [0.717, 1.165) is 19.9 Å². The first-order valence-electron chi connectivity index (χ1n) is 13.9. The second kappa shape index (κ2) is 15.3. The Balaban J connectivity index is 1.81. The number of sulfonamides is 1. The van der Waals surface area contributed by atoms with Gasteiger partial charge in [-0.05, 0) is 59.7 Å². The smallest absolute Gasteiger partial charge is 0.264 e. The molecule has 0 saturated heterocycles. The zero-order valence-corrected chi connectivity index (χ0v) is 28.1. The van der Waals surface area contributed by atoms with E-state index in [1.807, 2.05) is 54.6 Å². The van der Waals surface area contributed by atoms with E-state index < -0.39 is 28.5 Å². The van der Waals surface area contributed by atoms with Crippen LogP contribution in [0.2, 0.25) is 5.02 Å². The number of nitrogens with one attached hydrogen (secondary N) is 1. The summed E-state index contributed by atoms with van der Waals surface area (Å²) in [5, 5.41) is 3.07. The van der Waals surface area contributed by atoms with Crippen molar-refractivity contribution in [1.82, 2.24) is 10.2 Å². The summed E-state index contributed by atoms with van der Waals surface area (Å²) in [7, 11) is 0.00993. The van der Waals surface area contributed by atoms with Crippen LogP contribution in [-0.4, -0.2) is 59.0 Å². The first kappa shape index (κ1) is 33.8. The van der Waals surface area contributed by atoms with Crippen molar-refractivity contribution in [2.75, 3.05) is 32.1 Å². The molecule has 9 nitrogen and oxygen atoms in total. The van der Waals surface area contributed by atoms with Gasteiger partial charge in [-0.3, -0.25) is 13.9 Å². The number of methoxy groups -OCH3 is 2. The van der Waals surface area contributed by atoms with Gasteiger partial charge in [0.1, 0.15) is 12.6 Å². The van der Waals surface area contributed by atoms with Crippen molar-refractivity contribution >= 4 is 55.1 Å². The first-order chi connectivity index (χ1) is 21.6. The second-order valence-corrected chi connectivity index (χ2v) is 13.2. The van der Waals surface area contributed by atoms with Crippen LogP contribution in [0.1, 0.15) is 11.1 Å². The number of amides is 2.